The molecule has 0 aliphatic heterocycles. The molecule has 0 fully saturated rings. The van der Waals surface area contributed by atoms with Gasteiger partial charge in [0.25, 0.3) is 0 Å². The summed E-state index contributed by atoms with van der Waals surface area (Å²) in [6, 6.07) is 0. The van der Waals surface area contributed by atoms with Crippen molar-refractivity contribution < 1.29 is 4.39 Å². The fraction of sp³-hybridized carbons (Fsp3) is 0.600. The van der Waals surface area contributed by atoms with Gasteiger partial charge in [-0.2, -0.15) is 0 Å². The monoisotopic (exact) mass is 244 g/mol. The second-order valence-electron chi connectivity index (χ2n) is 1.45. The largest absolute Gasteiger partial charge is 0.211 e. The van der Waals surface area contributed by atoms with Crippen LogP contribution in [-0.2, 0) is 0 Å². The van der Waals surface area contributed by atoms with Gasteiger partial charge in [0.1, 0.15) is 5.83 Å². The van der Waals surface area contributed by atoms with Crippen molar-refractivity contribution >= 4 is 31.9 Å². The quantitative estimate of drug-likeness (QED) is 0.657. The van der Waals surface area contributed by atoms with Crippen LogP contribution in [0.1, 0.15) is 6.92 Å². The molecule has 48 valence electrons. The van der Waals surface area contributed by atoms with Gasteiger partial charge in [-0.3, -0.25) is 0 Å². The predicted molar refractivity (Wildman–Crippen MR) is 41.4 cm³/mol. The number of hydrogen-bond acceptors (Lipinski definition) is 0. The van der Waals surface area contributed by atoms with Crippen LogP contribution < -0.4 is 0 Å². The Balaban J connectivity index is 3.83. The summed E-state index contributed by atoms with van der Waals surface area (Å²) in [6.45, 7) is 1.76. The zero-order chi connectivity index (χ0) is 6.57. The highest BCUT2D eigenvalue weighted by Gasteiger charge is 1.95. The predicted octanol–water partition coefficient (Wildman–Crippen LogP) is 3.02. The molecule has 0 bridgehead atoms. The third kappa shape index (κ3) is 2.82. The molecule has 0 aromatic heterocycles. The van der Waals surface area contributed by atoms with Gasteiger partial charge in [0, 0.05) is 5.33 Å². The molecular formula is C5H7Br2F. The maximum Gasteiger partial charge on any atom is 0.110 e. The van der Waals surface area contributed by atoms with E-state index in [1.165, 1.54) is 0 Å². The zero-order valence-corrected chi connectivity index (χ0v) is 7.72. The zero-order valence-electron chi connectivity index (χ0n) is 4.55. The van der Waals surface area contributed by atoms with Crippen LogP contribution in [0.25, 0.3) is 0 Å². The van der Waals surface area contributed by atoms with Crippen molar-refractivity contribution in [2.45, 2.75) is 6.92 Å². The highest BCUT2D eigenvalue weighted by atomic mass is 79.9. The molecule has 0 N–H and O–H groups in total. The normalized spacial score (nSPS) is 13.5. The first-order valence-electron chi connectivity index (χ1n) is 2.18. The Hall–Kier alpha value is 0.630. The van der Waals surface area contributed by atoms with E-state index < -0.39 is 0 Å². The number of halogens is 3. The van der Waals surface area contributed by atoms with Gasteiger partial charge in [-0.1, -0.05) is 31.9 Å². The van der Waals surface area contributed by atoms with Crippen molar-refractivity contribution in [1.29, 1.82) is 0 Å². The molecule has 0 spiro atoms. The van der Waals surface area contributed by atoms with E-state index in [1.807, 2.05) is 0 Å². The lowest BCUT2D eigenvalue weighted by Crippen LogP contribution is -1.83. The van der Waals surface area contributed by atoms with Gasteiger partial charge < -0.3 is 0 Å². The highest BCUT2D eigenvalue weighted by Crippen LogP contribution is 2.09. The maximum absolute atomic E-state index is 12.3. The summed E-state index contributed by atoms with van der Waals surface area (Å²) in [6.07, 6.45) is 0. The molecule has 0 rings (SSSR count). The molecule has 0 radical (unpaired) electrons. The molecule has 0 nitrogen and oxygen atoms in total. The van der Waals surface area contributed by atoms with Crippen molar-refractivity contribution in [3.63, 3.8) is 0 Å². The average molecular weight is 246 g/mol. The van der Waals surface area contributed by atoms with E-state index in [9.17, 15) is 4.39 Å². The van der Waals surface area contributed by atoms with Gasteiger partial charge >= 0.3 is 0 Å². The molecule has 0 aromatic rings. The average Bonchev–Trinajstić information content (AvgIpc) is 1.84. The van der Waals surface area contributed by atoms with Crippen molar-refractivity contribution in [2.75, 3.05) is 10.7 Å². The first-order chi connectivity index (χ1) is 3.72. The summed E-state index contributed by atoms with van der Waals surface area (Å²) in [5.41, 5.74) is 0.752. The summed E-state index contributed by atoms with van der Waals surface area (Å²) in [5, 5.41) is 0.939. The molecule has 0 atom stereocenters. The standard InChI is InChI=1S/C5H7Br2F/c1-4(2-6)5(8)3-7/h2-3H2,1H3/b5-4-. The number of alkyl halides is 2. The molecule has 0 amide bonds. The van der Waals surface area contributed by atoms with Crippen LogP contribution >= 0.6 is 31.9 Å². The minimum Gasteiger partial charge on any atom is -0.211 e. The molecule has 3 heteroatoms. The Morgan fingerprint density at radius 1 is 1.38 bits per heavy atom. The Bertz CT molecular complexity index is 86.6. The van der Waals surface area contributed by atoms with Gasteiger partial charge in [-0.05, 0) is 12.5 Å². The van der Waals surface area contributed by atoms with Gasteiger partial charge in [0.15, 0.2) is 0 Å². The molecule has 0 saturated heterocycles. The van der Waals surface area contributed by atoms with Gasteiger partial charge in [0.2, 0.25) is 0 Å². The number of rotatable bonds is 2. The van der Waals surface area contributed by atoms with E-state index in [0.29, 0.717) is 10.7 Å². The summed E-state index contributed by atoms with van der Waals surface area (Å²) in [4.78, 5) is 0. The van der Waals surface area contributed by atoms with Crippen molar-refractivity contribution in [3.8, 4) is 0 Å². The number of allylic oxidation sites excluding steroid dienone is 2. The molecule has 0 aromatic carbocycles. The Morgan fingerprint density at radius 3 is 2.00 bits per heavy atom. The summed E-state index contributed by atoms with van der Waals surface area (Å²) < 4.78 is 12.3. The van der Waals surface area contributed by atoms with E-state index in [4.69, 9.17) is 0 Å². The second-order valence-corrected chi connectivity index (χ2v) is 2.57. The molecule has 0 aliphatic rings. The summed E-state index contributed by atoms with van der Waals surface area (Å²) >= 11 is 6.14. The minimum absolute atomic E-state index is 0.0816. The van der Waals surface area contributed by atoms with Crippen LogP contribution in [-0.4, -0.2) is 10.7 Å². The second kappa shape index (κ2) is 4.50. The van der Waals surface area contributed by atoms with Crippen molar-refractivity contribution in [1.82, 2.24) is 0 Å². The lowest BCUT2D eigenvalue weighted by atomic mass is 10.3. The Morgan fingerprint density at radius 2 is 1.88 bits per heavy atom. The molecular weight excluding hydrogens is 239 g/mol. The third-order valence-electron chi connectivity index (χ3n) is 0.781. The smallest absolute Gasteiger partial charge is 0.110 e. The number of hydrogen-bond donors (Lipinski definition) is 0. The maximum atomic E-state index is 12.3. The van der Waals surface area contributed by atoms with Crippen molar-refractivity contribution in [3.05, 3.63) is 11.4 Å². The van der Waals surface area contributed by atoms with Crippen LogP contribution in [0.15, 0.2) is 11.4 Å². The Labute approximate surface area is 65.4 Å². The van der Waals surface area contributed by atoms with Gasteiger partial charge in [-0.25, -0.2) is 4.39 Å². The Kier molecular flexibility index (Phi) is 4.86. The van der Waals surface area contributed by atoms with Crippen LogP contribution in [0.4, 0.5) is 4.39 Å². The van der Waals surface area contributed by atoms with Crippen LogP contribution in [0.2, 0.25) is 0 Å². The van der Waals surface area contributed by atoms with Crippen LogP contribution in [0.5, 0.6) is 0 Å². The van der Waals surface area contributed by atoms with E-state index in [2.05, 4.69) is 31.9 Å². The highest BCUT2D eigenvalue weighted by molar-refractivity contribution is 9.09. The first kappa shape index (κ1) is 8.63. The van der Waals surface area contributed by atoms with E-state index in [-0.39, 0.29) is 5.83 Å². The van der Waals surface area contributed by atoms with E-state index in [0.717, 1.165) is 5.57 Å². The van der Waals surface area contributed by atoms with Crippen molar-refractivity contribution in [2.24, 2.45) is 0 Å². The molecule has 0 aliphatic carbocycles. The van der Waals surface area contributed by atoms with Gasteiger partial charge in [-0.15, -0.1) is 0 Å². The van der Waals surface area contributed by atoms with Crippen LogP contribution in [0.3, 0.4) is 0 Å². The molecule has 8 heavy (non-hydrogen) atoms. The summed E-state index contributed by atoms with van der Waals surface area (Å²) in [5.74, 6) is -0.0816. The molecule has 0 saturated carbocycles. The fourth-order valence-corrected chi connectivity index (χ4v) is 0.969. The van der Waals surface area contributed by atoms with Crippen LogP contribution in [0, 0.1) is 0 Å². The lowest BCUT2D eigenvalue weighted by Gasteiger charge is -1.93. The van der Waals surface area contributed by atoms with Gasteiger partial charge in [0.05, 0.1) is 5.33 Å². The first-order valence-corrected chi connectivity index (χ1v) is 4.42. The summed E-state index contributed by atoms with van der Waals surface area (Å²) in [7, 11) is 0. The SMILES string of the molecule is C/C(CBr)=C(/F)CBr. The third-order valence-corrected chi connectivity index (χ3v) is 2.11. The fourth-order valence-electron chi connectivity index (χ4n) is 0.187. The minimum atomic E-state index is -0.0816. The lowest BCUT2D eigenvalue weighted by molar-refractivity contribution is 0.634. The molecule has 0 heterocycles. The topological polar surface area (TPSA) is 0 Å². The van der Waals surface area contributed by atoms with E-state index in [1.54, 1.807) is 6.92 Å². The van der Waals surface area contributed by atoms with E-state index >= 15 is 0 Å². The molecule has 0 unspecified atom stereocenters.